The molecule has 0 unspecified atom stereocenters. The van der Waals surface area contributed by atoms with Gasteiger partial charge in [0.15, 0.2) is 0 Å². The molecular formula is C14H19N3O. The van der Waals surface area contributed by atoms with Gasteiger partial charge in [0.2, 0.25) is 0 Å². The van der Waals surface area contributed by atoms with E-state index < -0.39 is 0 Å². The van der Waals surface area contributed by atoms with Crippen molar-refractivity contribution < 1.29 is 4.74 Å². The second kappa shape index (κ2) is 5.69. The highest BCUT2D eigenvalue weighted by molar-refractivity contribution is 5.64. The molecule has 1 aromatic carbocycles. The zero-order chi connectivity index (χ0) is 13.0. The van der Waals surface area contributed by atoms with Gasteiger partial charge in [-0.15, -0.1) is 0 Å². The van der Waals surface area contributed by atoms with E-state index in [1.807, 2.05) is 31.2 Å². The molecule has 0 atom stereocenters. The van der Waals surface area contributed by atoms with Crippen molar-refractivity contribution in [3.63, 3.8) is 0 Å². The van der Waals surface area contributed by atoms with Crippen LogP contribution < -0.4 is 10.1 Å². The molecule has 1 heterocycles. The van der Waals surface area contributed by atoms with Crippen molar-refractivity contribution in [3.05, 3.63) is 35.5 Å². The van der Waals surface area contributed by atoms with Crippen LogP contribution in [0.5, 0.6) is 5.75 Å². The maximum atomic E-state index is 5.16. The predicted molar refractivity (Wildman–Crippen MR) is 72.7 cm³/mol. The minimum atomic E-state index is 0.834. The number of H-pyrrole nitrogens is 1. The molecule has 18 heavy (non-hydrogen) atoms. The lowest BCUT2D eigenvalue weighted by atomic mass is 10.1. The fraction of sp³-hybridized carbons (Fsp3) is 0.357. The van der Waals surface area contributed by atoms with Crippen molar-refractivity contribution in [1.82, 2.24) is 15.5 Å². The maximum Gasteiger partial charge on any atom is 0.118 e. The van der Waals surface area contributed by atoms with Gasteiger partial charge in [-0.05, 0) is 37.7 Å². The van der Waals surface area contributed by atoms with Crippen LogP contribution in [0.3, 0.4) is 0 Å². The number of nitrogens with zero attached hydrogens (tertiary/aromatic N) is 1. The first kappa shape index (κ1) is 12.6. The van der Waals surface area contributed by atoms with Crippen LogP contribution in [0.2, 0.25) is 0 Å². The number of ether oxygens (including phenoxy) is 1. The first-order chi connectivity index (χ1) is 8.76. The number of hydrogen-bond donors (Lipinski definition) is 2. The summed E-state index contributed by atoms with van der Waals surface area (Å²) in [7, 11) is 1.67. The molecule has 0 aliphatic heterocycles. The summed E-state index contributed by atoms with van der Waals surface area (Å²) in [5.74, 6) is 0.860. The first-order valence-corrected chi connectivity index (χ1v) is 6.15. The van der Waals surface area contributed by atoms with Crippen molar-refractivity contribution in [3.8, 4) is 17.0 Å². The summed E-state index contributed by atoms with van der Waals surface area (Å²) in [6.07, 6.45) is 0. The van der Waals surface area contributed by atoms with E-state index in [4.69, 9.17) is 4.74 Å². The molecule has 4 nitrogen and oxygen atoms in total. The Morgan fingerprint density at radius 3 is 2.61 bits per heavy atom. The molecule has 0 amide bonds. The van der Waals surface area contributed by atoms with Gasteiger partial charge in [-0.2, -0.15) is 5.10 Å². The second-order valence-electron chi connectivity index (χ2n) is 4.18. The quantitative estimate of drug-likeness (QED) is 0.851. The van der Waals surface area contributed by atoms with Crippen LogP contribution in [0.1, 0.15) is 18.2 Å². The van der Waals surface area contributed by atoms with Gasteiger partial charge < -0.3 is 10.1 Å². The number of aryl methyl sites for hydroxylation is 1. The Labute approximate surface area is 107 Å². The number of aromatic nitrogens is 2. The summed E-state index contributed by atoms with van der Waals surface area (Å²) in [4.78, 5) is 0. The summed E-state index contributed by atoms with van der Waals surface area (Å²) in [5, 5.41) is 10.8. The van der Waals surface area contributed by atoms with Crippen molar-refractivity contribution >= 4 is 0 Å². The van der Waals surface area contributed by atoms with E-state index in [0.717, 1.165) is 35.8 Å². The molecule has 0 aliphatic carbocycles. The van der Waals surface area contributed by atoms with Crippen molar-refractivity contribution in [1.29, 1.82) is 0 Å². The molecule has 0 spiro atoms. The molecule has 4 heteroatoms. The van der Waals surface area contributed by atoms with Crippen molar-refractivity contribution in [2.24, 2.45) is 0 Å². The fourth-order valence-electron chi connectivity index (χ4n) is 1.91. The van der Waals surface area contributed by atoms with Gasteiger partial charge in [0.25, 0.3) is 0 Å². The third kappa shape index (κ3) is 2.54. The highest BCUT2D eigenvalue weighted by atomic mass is 16.5. The Bertz CT molecular complexity index is 502. The lowest BCUT2D eigenvalue weighted by Crippen LogP contribution is -2.12. The van der Waals surface area contributed by atoms with E-state index in [1.54, 1.807) is 7.11 Å². The van der Waals surface area contributed by atoms with Gasteiger partial charge in [0.05, 0.1) is 12.8 Å². The number of rotatable bonds is 5. The molecule has 2 N–H and O–H groups in total. The Balaban J connectivity index is 2.31. The summed E-state index contributed by atoms with van der Waals surface area (Å²) < 4.78 is 5.16. The Hall–Kier alpha value is -1.81. The minimum Gasteiger partial charge on any atom is -0.497 e. The Kier molecular flexibility index (Phi) is 3.99. The molecule has 0 saturated carbocycles. The number of nitrogens with one attached hydrogen (secondary N) is 2. The lowest BCUT2D eigenvalue weighted by molar-refractivity contribution is 0.415. The number of aromatic amines is 1. The number of benzene rings is 1. The smallest absolute Gasteiger partial charge is 0.118 e. The van der Waals surface area contributed by atoms with E-state index in [1.165, 1.54) is 5.56 Å². The van der Waals surface area contributed by atoms with E-state index in [9.17, 15) is 0 Å². The van der Waals surface area contributed by atoms with Gasteiger partial charge in [-0.25, -0.2) is 0 Å². The third-order valence-electron chi connectivity index (χ3n) is 2.99. The Morgan fingerprint density at radius 1 is 1.28 bits per heavy atom. The molecular weight excluding hydrogens is 226 g/mol. The summed E-state index contributed by atoms with van der Waals surface area (Å²) in [6, 6.07) is 7.97. The largest absolute Gasteiger partial charge is 0.497 e. The highest BCUT2D eigenvalue weighted by Gasteiger charge is 2.11. The van der Waals surface area contributed by atoms with Gasteiger partial charge in [-0.1, -0.05) is 6.92 Å². The average molecular weight is 245 g/mol. The van der Waals surface area contributed by atoms with E-state index in [-0.39, 0.29) is 0 Å². The average Bonchev–Trinajstić information content (AvgIpc) is 2.78. The molecule has 0 fully saturated rings. The van der Waals surface area contributed by atoms with Crippen LogP contribution in [-0.4, -0.2) is 23.9 Å². The molecule has 0 bridgehead atoms. The predicted octanol–water partition coefficient (Wildman–Crippen LogP) is 2.50. The highest BCUT2D eigenvalue weighted by Crippen LogP contribution is 2.25. The van der Waals surface area contributed by atoms with Crippen molar-refractivity contribution in [2.45, 2.75) is 20.4 Å². The molecule has 1 aromatic heterocycles. The van der Waals surface area contributed by atoms with Crippen LogP contribution in [0.15, 0.2) is 24.3 Å². The van der Waals surface area contributed by atoms with E-state index in [0.29, 0.717) is 0 Å². The van der Waals surface area contributed by atoms with Crippen molar-refractivity contribution in [2.75, 3.05) is 13.7 Å². The molecule has 0 aliphatic rings. The van der Waals surface area contributed by atoms with Gasteiger partial charge in [0, 0.05) is 23.4 Å². The van der Waals surface area contributed by atoms with Crippen LogP contribution in [-0.2, 0) is 6.54 Å². The van der Waals surface area contributed by atoms with Gasteiger partial charge in [-0.3, -0.25) is 5.10 Å². The van der Waals surface area contributed by atoms with Gasteiger partial charge >= 0.3 is 0 Å². The second-order valence-corrected chi connectivity index (χ2v) is 4.18. The van der Waals surface area contributed by atoms with Crippen LogP contribution in [0.25, 0.3) is 11.3 Å². The molecule has 96 valence electrons. The molecule has 0 radical (unpaired) electrons. The van der Waals surface area contributed by atoms with Crippen LogP contribution in [0.4, 0.5) is 0 Å². The summed E-state index contributed by atoms with van der Waals surface area (Å²) in [6.45, 7) is 5.93. The topological polar surface area (TPSA) is 49.9 Å². The zero-order valence-corrected chi connectivity index (χ0v) is 11.1. The normalized spacial score (nSPS) is 10.6. The lowest BCUT2D eigenvalue weighted by Gasteiger charge is -2.05. The van der Waals surface area contributed by atoms with Gasteiger partial charge in [0.1, 0.15) is 5.75 Å². The monoisotopic (exact) mass is 245 g/mol. The first-order valence-electron chi connectivity index (χ1n) is 6.15. The SMILES string of the molecule is CCNCc1c(-c2ccc(OC)cc2)n[nH]c1C. The van der Waals surface area contributed by atoms with E-state index in [2.05, 4.69) is 22.4 Å². The zero-order valence-electron chi connectivity index (χ0n) is 11.1. The van der Waals surface area contributed by atoms with E-state index >= 15 is 0 Å². The maximum absolute atomic E-state index is 5.16. The minimum absolute atomic E-state index is 0.834. The standard InChI is InChI=1S/C14H19N3O/c1-4-15-9-13-10(2)16-17-14(13)11-5-7-12(18-3)8-6-11/h5-8,15H,4,9H2,1-3H3,(H,16,17). The third-order valence-corrected chi connectivity index (χ3v) is 2.99. The summed E-state index contributed by atoms with van der Waals surface area (Å²) in [5.41, 5.74) is 4.45. The van der Waals surface area contributed by atoms with Crippen LogP contribution >= 0.6 is 0 Å². The molecule has 2 aromatic rings. The number of methoxy groups -OCH3 is 1. The fourth-order valence-corrected chi connectivity index (χ4v) is 1.91. The number of hydrogen-bond acceptors (Lipinski definition) is 3. The summed E-state index contributed by atoms with van der Waals surface area (Å²) >= 11 is 0. The van der Waals surface area contributed by atoms with Crippen LogP contribution in [0, 0.1) is 6.92 Å². The molecule has 2 rings (SSSR count). The molecule has 0 saturated heterocycles. The Morgan fingerprint density at radius 2 is 2.00 bits per heavy atom.